The van der Waals surface area contributed by atoms with Gasteiger partial charge in [-0.1, -0.05) is 32.0 Å². The predicted molar refractivity (Wildman–Crippen MR) is 84.9 cm³/mol. The molecule has 0 saturated carbocycles. The van der Waals surface area contributed by atoms with Crippen LogP contribution in [0.3, 0.4) is 0 Å². The maximum absolute atomic E-state index is 12.5. The number of hydrogen-bond acceptors (Lipinski definition) is 2. The number of para-hydroxylation sites is 1. The Bertz CT molecular complexity index is 638. The van der Waals surface area contributed by atoms with E-state index in [1.54, 1.807) is 0 Å². The van der Waals surface area contributed by atoms with Crippen LogP contribution in [0, 0.1) is 11.8 Å². The summed E-state index contributed by atoms with van der Waals surface area (Å²) >= 11 is 0. The van der Waals surface area contributed by atoms with Gasteiger partial charge in [-0.25, -0.2) is 0 Å². The molecule has 4 heteroatoms. The van der Waals surface area contributed by atoms with Gasteiger partial charge in [0.1, 0.15) is 0 Å². The van der Waals surface area contributed by atoms with Crippen molar-refractivity contribution in [3.8, 4) is 0 Å². The zero-order valence-corrected chi connectivity index (χ0v) is 12.7. The Morgan fingerprint density at radius 3 is 2.71 bits per heavy atom. The van der Waals surface area contributed by atoms with Gasteiger partial charge in [0.05, 0.1) is 6.04 Å². The van der Waals surface area contributed by atoms with Crippen LogP contribution in [0.5, 0.6) is 0 Å². The first-order chi connectivity index (χ1) is 10.1. The maximum Gasteiger partial charge on any atom is 0.239 e. The number of fused-ring (bicyclic) bond motifs is 1. The molecular formula is C17H23N3O. The Labute approximate surface area is 125 Å². The molecule has 3 rings (SSSR count). The van der Waals surface area contributed by atoms with Crippen LogP contribution in [0.2, 0.25) is 0 Å². The minimum atomic E-state index is -0.457. The summed E-state index contributed by atoms with van der Waals surface area (Å²) in [4.78, 5) is 17.7. The average Bonchev–Trinajstić information content (AvgIpc) is 3.03. The summed E-state index contributed by atoms with van der Waals surface area (Å²) in [6.07, 6.45) is 2.55. The van der Waals surface area contributed by atoms with Gasteiger partial charge in [-0.2, -0.15) is 0 Å². The van der Waals surface area contributed by atoms with Gasteiger partial charge in [0.25, 0.3) is 0 Å². The molecule has 0 spiro atoms. The second kappa shape index (κ2) is 5.53. The number of rotatable bonds is 3. The van der Waals surface area contributed by atoms with Crippen LogP contribution in [-0.2, 0) is 11.2 Å². The van der Waals surface area contributed by atoms with Crippen LogP contribution in [0.25, 0.3) is 10.9 Å². The van der Waals surface area contributed by atoms with Gasteiger partial charge in [-0.05, 0) is 29.9 Å². The lowest BCUT2D eigenvalue weighted by atomic mass is 10.0. The lowest BCUT2D eigenvalue weighted by molar-refractivity contribution is -0.131. The molecule has 2 aromatic rings. The van der Waals surface area contributed by atoms with Crippen LogP contribution in [0.15, 0.2) is 30.5 Å². The Morgan fingerprint density at radius 2 is 2.00 bits per heavy atom. The first-order valence-corrected chi connectivity index (χ1v) is 7.65. The largest absolute Gasteiger partial charge is 0.361 e. The number of nitrogens with zero attached hydrogens (tertiary/aromatic N) is 1. The van der Waals surface area contributed by atoms with Crippen LogP contribution >= 0.6 is 0 Å². The number of amides is 1. The van der Waals surface area contributed by atoms with Crippen molar-refractivity contribution in [2.45, 2.75) is 26.3 Å². The van der Waals surface area contributed by atoms with Crippen LogP contribution < -0.4 is 5.73 Å². The van der Waals surface area contributed by atoms with Crippen LogP contribution in [-0.4, -0.2) is 34.9 Å². The molecule has 0 radical (unpaired) electrons. The number of carbonyl (C=O) groups is 1. The summed E-state index contributed by atoms with van der Waals surface area (Å²) < 4.78 is 0. The van der Waals surface area contributed by atoms with E-state index in [4.69, 9.17) is 5.73 Å². The van der Waals surface area contributed by atoms with Crippen molar-refractivity contribution < 1.29 is 4.79 Å². The monoisotopic (exact) mass is 285 g/mol. The molecule has 3 N–H and O–H groups in total. The molecule has 1 aromatic carbocycles. The number of nitrogens with one attached hydrogen (secondary N) is 1. The fraction of sp³-hybridized carbons (Fsp3) is 0.471. The summed E-state index contributed by atoms with van der Waals surface area (Å²) in [5.74, 6) is 1.21. The molecule has 1 saturated heterocycles. The van der Waals surface area contributed by atoms with Gasteiger partial charge >= 0.3 is 0 Å². The first kappa shape index (κ1) is 14.1. The van der Waals surface area contributed by atoms with Gasteiger partial charge in [0.2, 0.25) is 5.91 Å². The normalized spacial score (nSPS) is 23.7. The minimum Gasteiger partial charge on any atom is -0.361 e. The standard InChI is InChI=1S/C17H23N3O/c1-11-9-20(10-12(11)2)17(21)15(18)7-13-8-19-16-6-4-3-5-14(13)16/h3-6,8,11-12,15,19H,7,9-10,18H2,1-2H3. The molecule has 0 bridgehead atoms. The quantitative estimate of drug-likeness (QED) is 0.907. The molecule has 0 aliphatic carbocycles. The maximum atomic E-state index is 12.5. The van der Waals surface area contributed by atoms with E-state index >= 15 is 0 Å². The summed E-state index contributed by atoms with van der Waals surface area (Å²) in [6, 6.07) is 7.66. The Balaban J connectivity index is 1.71. The molecule has 4 nitrogen and oxygen atoms in total. The number of benzene rings is 1. The number of H-pyrrole nitrogens is 1. The minimum absolute atomic E-state index is 0.0801. The highest BCUT2D eigenvalue weighted by Crippen LogP contribution is 2.24. The Kier molecular flexibility index (Phi) is 3.72. The van der Waals surface area contributed by atoms with Crippen molar-refractivity contribution in [3.63, 3.8) is 0 Å². The predicted octanol–water partition coefficient (Wildman–Crippen LogP) is 2.15. The molecule has 1 aliphatic heterocycles. The van der Waals surface area contributed by atoms with E-state index in [0.29, 0.717) is 18.3 Å². The van der Waals surface area contributed by atoms with Gasteiger partial charge < -0.3 is 15.6 Å². The van der Waals surface area contributed by atoms with Gasteiger partial charge in [0, 0.05) is 30.2 Å². The number of likely N-dealkylation sites (tertiary alicyclic amines) is 1. The van der Waals surface area contributed by atoms with Crippen molar-refractivity contribution in [2.75, 3.05) is 13.1 Å². The lowest BCUT2D eigenvalue weighted by Gasteiger charge is -2.20. The zero-order chi connectivity index (χ0) is 15.0. The van der Waals surface area contributed by atoms with Crippen molar-refractivity contribution >= 4 is 16.8 Å². The smallest absolute Gasteiger partial charge is 0.239 e. The first-order valence-electron chi connectivity index (χ1n) is 7.65. The molecule has 1 amide bonds. The third-order valence-electron chi connectivity index (χ3n) is 4.73. The summed E-state index contributed by atoms with van der Waals surface area (Å²) in [7, 11) is 0. The third-order valence-corrected chi connectivity index (χ3v) is 4.73. The molecular weight excluding hydrogens is 262 g/mol. The SMILES string of the molecule is CC1CN(C(=O)C(N)Cc2c[nH]c3ccccc23)CC1C. The zero-order valence-electron chi connectivity index (χ0n) is 12.7. The summed E-state index contributed by atoms with van der Waals surface area (Å²) in [6.45, 7) is 6.06. The molecule has 2 heterocycles. The van der Waals surface area contributed by atoms with E-state index in [9.17, 15) is 4.79 Å². The Morgan fingerprint density at radius 1 is 1.33 bits per heavy atom. The molecule has 1 aromatic heterocycles. The van der Waals surface area contributed by atoms with E-state index in [2.05, 4.69) is 24.9 Å². The molecule has 1 fully saturated rings. The van der Waals surface area contributed by atoms with E-state index in [0.717, 1.165) is 29.6 Å². The fourth-order valence-electron chi connectivity index (χ4n) is 3.17. The second-order valence-corrected chi connectivity index (χ2v) is 6.37. The van der Waals surface area contributed by atoms with Crippen molar-refractivity contribution in [1.82, 2.24) is 9.88 Å². The van der Waals surface area contributed by atoms with Crippen molar-refractivity contribution in [2.24, 2.45) is 17.6 Å². The highest BCUT2D eigenvalue weighted by molar-refractivity contribution is 5.86. The summed E-state index contributed by atoms with van der Waals surface area (Å²) in [5, 5.41) is 1.16. The summed E-state index contributed by atoms with van der Waals surface area (Å²) in [5.41, 5.74) is 8.38. The highest BCUT2D eigenvalue weighted by atomic mass is 16.2. The van der Waals surface area contributed by atoms with E-state index in [1.807, 2.05) is 29.3 Å². The second-order valence-electron chi connectivity index (χ2n) is 6.37. The van der Waals surface area contributed by atoms with Gasteiger partial charge in [-0.15, -0.1) is 0 Å². The van der Waals surface area contributed by atoms with Crippen LogP contribution in [0.1, 0.15) is 19.4 Å². The molecule has 1 aliphatic rings. The van der Waals surface area contributed by atoms with Gasteiger partial charge in [-0.3, -0.25) is 4.79 Å². The topological polar surface area (TPSA) is 62.1 Å². The van der Waals surface area contributed by atoms with E-state index in [1.165, 1.54) is 0 Å². The van der Waals surface area contributed by atoms with Crippen LogP contribution in [0.4, 0.5) is 0 Å². The molecule has 112 valence electrons. The van der Waals surface area contributed by atoms with Crippen molar-refractivity contribution in [3.05, 3.63) is 36.0 Å². The van der Waals surface area contributed by atoms with Gasteiger partial charge in [0.15, 0.2) is 0 Å². The average molecular weight is 285 g/mol. The van der Waals surface area contributed by atoms with E-state index < -0.39 is 6.04 Å². The lowest BCUT2D eigenvalue weighted by Crippen LogP contribution is -2.44. The number of aromatic amines is 1. The van der Waals surface area contributed by atoms with E-state index in [-0.39, 0.29) is 5.91 Å². The number of carbonyl (C=O) groups excluding carboxylic acids is 1. The molecule has 3 unspecified atom stereocenters. The molecule has 3 atom stereocenters. The number of nitrogens with two attached hydrogens (primary N) is 1. The Hall–Kier alpha value is -1.81. The van der Waals surface area contributed by atoms with Crippen molar-refractivity contribution in [1.29, 1.82) is 0 Å². The number of hydrogen-bond donors (Lipinski definition) is 2. The molecule has 21 heavy (non-hydrogen) atoms. The highest BCUT2D eigenvalue weighted by Gasteiger charge is 2.31. The third kappa shape index (κ3) is 2.68. The fourth-order valence-corrected chi connectivity index (χ4v) is 3.17. The number of aromatic nitrogens is 1.